The van der Waals surface area contributed by atoms with Crippen molar-refractivity contribution in [3.8, 4) is 11.1 Å². The highest BCUT2D eigenvalue weighted by atomic mass is 35.5. The number of unbranched alkanes of at least 4 members (excludes halogenated alkanes) is 2. The van der Waals surface area contributed by atoms with Crippen LogP contribution in [0.2, 0.25) is 0 Å². The van der Waals surface area contributed by atoms with Crippen LogP contribution in [-0.2, 0) is 6.54 Å². The lowest BCUT2D eigenvalue weighted by atomic mass is 10.1. The third kappa shape index (κ3) is 3.93. The Kier molecular flexibility index (Phi) is 5.16. The Bertz CT molecular complexity index is 566. The minimum atomic E-state index is -0.0489. The van der Waals surface area contributed by atoms with Crippen molar-refractivity contribution < 1.29 is 0 Å². The van der Waals surface area contributed by atoms with Gasteiger partial charge in [-0.1, -0.05) is 36.8 Å². The van der Waals surface area contributed by atoms with Crippen LogP contribution < -0.4 is 5.56 Å². The molecule has 0 saturated carbocycles. The molecule has 0 fully saturated rings. The summed E-state index contributed by atoms with van der Waals surface area (Å²) in [6, 6.07) is 11.4. The number of halogens is 1. The lowest BCUT2D eigenvalue weighted by Crippen LogP contribution is -2.22. The molecular formula is C15H17ClN2O. The van der Waals surface area contributed by atoms with Gasteiger partial charge in [0.2, 0.25) is 0 Å². The van der Waals surface area contributed by atoms with Crippen LogP contribution in [0, 0.1) is 0 Å². The molecule has 0 saturated heterocycles. The number of alkyl halides is 1. The summed E-state index contributed by atoms with van der Waals surface area (Å²) in [4.78, 5) is 12.0. The van der Waals surface area contributed by atoms with E-state index in [2.05, 4.69) is 5.10 Å². The van der Waals surface area contributed by atoms with Gasteiger partial charge in [-0.3, -0.25) is 4.79 Å². The van der Waals surface area contributed by atoms with Crippen LogP contribution in [-0.4, -0.2) is 15.7 Å². The Hall–Kier alpha value is -1.61. The van der Waals surface area contributed by atoms with E-state index in [0.29, 0.717) is 12.4 Å². The zero-order chi connectivity index (χ0) is 13.5. The fraction of sp³-hybridized carbons (Fsp3) is 0.333. The maximum Gasteiger partial charge on any atom is 0.267 e. The normalized spacial score (nSPS) is 10.6. The molecule has 1 heterocycles. The minimum Gasteiger partial charge on any atom is -0.268 e. The SMILES string of the molecule is O=c1cc(-c2ccccc2)cnn1CCCCCCl. The minimum absolute atomic E-state index is 0.0489. The molecule has 0 aliphatic rings. The Labute approximate surface area is 117 Å². The van der Waals surface area contributed by atoms with Gasteiger partial charge >= 0.3 is 0 Å². The summed E-state index contributed by atoms with van der Waals surface area (Å²) in [6.07, 6.45) is 4.69. The molecule has 100 valence electrons. The smallest absolute Gasteiger partial charge is 0.267 e. The van der Waals surface area contributed by atoms with Crippen molar-refractivity contribution in [1.82, 2.24) is 9.78 Å². The predicted molar refractivity (Wildman–Crippen MR) is 78.5 cm³/mol. The van der Waals surface area contributed by atoms with E-state index in [0.717, 1.165) is 30.4 Å². The van der Waals surface area contributed by atoms with Gasteiger partial charge in [0.1, 0.15) is 0 Å². The van der Waals surface area contributed by atoms with Crippen molar-refractivity contribution in [3.63, 3.8) is 0 Å². The van der Waals surface area contributed by atoms with Crippen molar-refractivity contribution in [2.75, 3.05) is 5.88 Å². The standard InChI is InChI=1S/C15H17ClN2O/c16-9-5-2-6-10-18-15(19)11-14(12-17-18)13-7-3-1-4-8-13/h1,3-4,7-8,11-12H,2,5-6,9-10H2. The first-order valence-electron chi connectivity index (χ1n) is 6.50. The van der Waals surface area contributed by atoms with E-state index >= 15 is 0 Å². The van der Waals surface area contributed by atoms with E-state index in [1.165, 1.54) is 4.68 Å². The van der Waals surface area contributed by atoms with Crippen LogP contribution in [0.5, 0.6) is 0 Å². The number of rotatable bonds is 6. The van der Waals surface area contributed by atoms with Crippen molar-refractivity contribution in [3.05, 3.63) is 52.9 Å². The van der Waals surface area contributed by atoms with E-state index < -0.39 is 0 Å². The second kappa shape index (κ2) is 7.10. The van der Waals surface area contributed by atoms with Crippen molar-refractivity contribution >= 4 is 11.6 Å². The molecule has 1 aromatic heterocycles. The van der Waals surface area contributed by atoms with Crippen LogP contribution in [0.15, 0.2) is 47.4 Å². The van der Waals surface area contributed by atoms with Gasteiger partial charge in [0.25, 0.3) is 5.56 Å². The van der Waals surface area contributed by atoms with Gasteiger partial charge in [-0.25, -0.2) is 4.68 Å². The van der Waals surface area contributed by atoms with E-state index in [-0.39, 0.29) is 5.56 Å². The largest absolute Gasteiger partial charge is 0.268 e. The molecule has 0 N–H and O–H groups in total. The van der Waals surface area contributed by atoms with Crippen LogP contribution in [0.25, 0.3) is 11.1 Å². The Morgan fingerprint density at radius 3 is 2.53 bits per heavy atom. The summed E-state index contributed by atoms with van der Waals surface area (Å²) in [7, 11) is 0. The fourth-order valence-corrected chi connectivity index (χ4v) is 2.11. The fourth-order valence-electron chi connectivity index (χ4n) is 1.92. The lowest BCUT2D eigenvalue weighted by molar-refractivity contribution is 0.529. The highest BCUT2D eigenvalue weighted by molar-refractivity contribution is 6.17. The van der Waals surface area contributed by atoms with Gasteiger partial charge in [-0.15, -0.1) is 11.6 Å². The molecule has 0 atom stereocenters. The summed E-state index contributed by atoms with van der Waals surface area (Å²) < 4.78 is 1.51. The summed E-state index contributed by atoms with van der Waals surface area (Å²) >= 11 is 5.62. The maximum atomic E-state index is 12.0. The van der Waals surface area contributed by atoms with Crippen LogP contribution in [0.1, 0.15) is 19.3 Å². The molecule has 0 aliphatic carbocycles. The lowest BCUT2D eigenvalue weighted by Gasteiger charge is -2.05. The Morgan fingerprint density at radius 2 is 1.84 bits per heavy atom. The average Bonchev–Trinajstić information content (AvgIpc) is 2.46. The predicted octanol–water partition coefficient (Wildman–Crippen LogP) is 3.32. The molecule has 0 spiro atoms. The molecular weight excluding hydrogens is 260 g/mol. The highest BCUT2D eigenvalue weighted by Crippen LogP contribution is 2.15. The first kappa shape index (κ1) is 13.8. The molecule has 0 unspecified atom stereocenters. The first-order valence-corrected chi connectivity index (χ1v) is 7.03. The first-order chi connectivity index (χ1) is 9.31. The third-order valence-corrected chi connectivity index (χ3v) is 3.25. The van der Waals surface area contributed by atoms with Gasteiger partial charge in [-0.2, -0.15) is 5.10 Å². The summed E-state index contributed by atoms with van der Waals surface area (Å²) in [6.45, 7) is 0.658. The van der Waals surface area contributed by atoms with Crippen molar-refractivity contribution in [2.45, 2.75) is 25.8 Å². The van der Waals surface area contributed by atoms with Gasteiger partial charge in [0.05, 0.1) is 6.20 Å². The van der Waals surface area contributed by atoms with Crippen LogP contribution >= 0.6 is 11.6 Å². The number of aromatic nitrogens is 2. The zero-order valence-corrected chi connectivity index (χ0v) is 11.5. The Balaban J connectivity index is 2.07. The quantitative estimate of drug-likeness (QED) is 0.599. The molecule has 0 bridgehead atoms. The van der Waals surface area contributed by atoms with E-state index in [1.807, 2.05) is 30.3 Å². The summed E-state index contributed by atoms with van der Waals surface area (Å²) in [5.74, 6) is 0.676. The molecule has 0 aliphatic heterocycles. The number of hydrogen-bond acceptors (Lipinski definition) is 2. The summed E-state index contributed by atoms with van der Waals surface area (Å²) in [5.41, 5.74) is 1.83. The molecule has 2 rings (SSSR count). The molecule has 19 heavy (non-hydrogen) atoms. The molecule has 1 aromatic carbocycles. The van der Waals surface area contributed by atoms with Gasteiger partial charge in [0, 0.05) is 24.1 Å². The molecule has 3 nitrogen and oxygen atoms in total. The molecule has 4 heteroatoms. The van der Waals surface area contributed by atoms with Gasteiger partial charge in [-0.05, 0) is 18.4 Å². The number of hydrogen-bond donors (Lipinski definition) is 0. The van der Waals surface area contributed by atoms with Gasteiger partial charge in [0.15, 0.2) is 0 Å². The monoisotopic (exact) mass is 276 g/mol. The zero-order valence-electron chi connectivity index (χ0n) is 10.8. The Morgan fingerprint density at radius 1 is 1.05 bits per heavy atom. The molecule has 2 aromatic rings. The van der Waals surface area contributed by atoms with Crippen LogP contribution in [0.3, 0.4) is 0 Å². The van der Waals surface area contributed by atoms with E-state index in [4.69, 9.17) is 11.6 Å². The number of nitrogens with zero attached hydrogens (tertiary/aromatic N) is 2. The highest BCUT2D eigenvalue weighted by Gasteiger charge is 2.02. The van der Waals surface area contributed by atoms with E-state index in [1.54, 1.807) is 12.3 Å². The van der Waals surface area contributed by atoms with E-state index in [9.17, 15) is 4.79 Å². The number of aryl methyl sites for hydroxylation is 1. The average molecular weight is 277 g/mol. The third-order valence-electron chi connectivity index (χ3n) is 2.98. The van der Waals surface area contributed by atoms with Crippen LogP contribution in [0.4, 0.5) is 0 Å². The summed E-state index contributed by atoms with van der Waals surface area (Å²) in [5, 5.41) is 4.22. The maximum absolute atomic E-state index is 12.0. The van der Waals surface area contributed by atoms with Gasteiger partial charge < -0.3 is 0 Å². The topological polar surface area (TPSA) is 34.9 Å². The van der Waals surface area contributed by atoms with Crippen molar-refractivity contribution in [2.24, 2.45) is 0 Å². The second-order valence-corrected chi connectivity index (χ2v) is 4.80. The molecule has 0 amide bonds. The number of benzene rings is 1. The van der Waals surface area contributed by atoms with Crippen molar-refractivity contribution in [1.29, 1.82) is 0 Å². The molecule has 0 radical (unpaired) electrons. The second-order valence-electron chi connectivity index (χ2n) is 4.42.